The summed E-state index contributed by atoms with van der Waals surface area (Å²) in [5.41, 5.74) is 2.13. The molecule has 1 aliphatic carbocycles. The fourth-order valence-corrected chi connectivity index (χ4v) is 5.99. The number of hydrogen-bond donors (Lipinski definition) is 2. The maximum Gasteiger partial charge on any atom is 0.256 e. The lowest BCUT2D eigenvalue weighted by Crippen LogP contribution is -2.30. The summed E-state index contributed by atoms with van der Waals surface area (Å²) < 4.78 is 13.6. The fraction of sp³-hybridized carbons (Fsp3) is 0.297. The van der Waals surface area contributed by atoms with Gasteiger partial charge in [0.05, 0.1) is 13.7 Å². The van der Waals surface area contributed by atoms with E-state index in [0.717, 1.165) is 29.7 Å². The Morgan fingerprint density at radius 2 is 1.78 bits per heavy atom. The van der Waals surface area contributed by atoms with Crippen molar-refractivity contribution in [2.75, 3.05) is 44.4 Å². The minimum absolute atomic E-state index is 0.00485. The molecule has 2 N–H and O–H groups in total. The molecule has 5 aromatic rings. The second kappa shape index (κ2) is 14.7. The molecule has 2 fully saturated rings. The summed E-state index contributed by atoms with van der Waals surface area (Å²) in [6.45, 7) is 2.47. The molecule has 1 saturated heterocycles. The van der Waals surface area contributed by atoms with Crippen molar-refractivity contribution in [2.45, 2.75) is 37.9 Å². The number of pyridine rings is 1. The summed E-state index contributed by atoms with van der Waals surface area (Å²) in [7, 11) is 3.74. The van der Waals surface area contributed by atoms with Gasteiger partial charge < -0.3 is 25.0 Å². The van der Waals surface area contributed by atoms with E-state index in [2.05, 4.69) is 32.5 Å². The van der Waals surface area contributed by atoms with Gasteiger partial charge in [-0.1, -0.05) is 18.2 Å². The van der Waals surface area contributed by atoms with Crippen LogP contribution in [0.2, 0.25) is 0 Å². The maximum absolute atomic E-state index is 13.0. The summed E-state index contributed by atoms with van der Waals surface area (Å²) in [4.78, 5) is 42.5. The average molecular weight is 674 g/mol. The number of carbonyl (C=O) groups is 2. The van der Waals surface area contributed by atoms with E-state index in [1.165, 1.54) is 19.2 Å². The van der Waals surface area contributed by atoms with Gasteiger partial charge in [0.15, 0.2) is 11.5 Å². The zero-order valence-corrected chi connectivity index (χ0v) is 28.0. The number of carbonyl (C=O) groups excluding carboxylic acids is 2. The van der Waals surface area contributed by atoms with Crippen LogP contribution in [0, 0.1) is 0 Å². The van der Waals surface area contributed by atoms with E-state index in [1.807, 2.05) is 39.9 Å². The monoisotopic (exact) mass is 673 g/mol. The molecule has 2 aromatic carbocycles. The predicted molar refractivity (Wildman–Crippen MR) is 190 cm³/mol. The highest BCUT2D eigenvalue weighted by Crippen LogP contribution is 2.35. The lowest BCUT2D eigenvalue weighted by molar-refractivity contribution is -0.125. The van der Waals surface area contributed by atoms with Crippen molar-refractivity contribution < 1.29 is 19.1 Å². The van der Waals surface area contributed by atoms with Gasteiger partial charge in [-0.25, -0.2) is 19.6 Å². The first-order valence-corrected chi connectivity index (χ1v) is 16.7. The van der Waals surface area contributed by atoms with E-state index in [4.69, 9.17) is 19.6 Å². The smallest absolute Gasteiger partial charge is 0.256 e. The van der Waals surface area contributed by atoms with Gasteiger partial charge in [0, 0.05) is 61.8 Å². The largest absolute Gasteiger partial charge is 0.497 e. The zero-order chi connectivity index (χ0) is 34.5. The average Bonchev–Trinajstić information content (AvgIpc) is 3.80. The van der Waals surface area contributed by atoms with Crippen LogP contribution in [-0.4, -0.2) is 92.2 Å². The van der Waals surface area contributed by atoms with Crippen molar-refractivity contribution in [2.24, 2.45) is 0 Å². The molecule has 256 valence electrons. The number of aromatic nitrogens is 5. The summed E-state index contributed by atoms with van der Waals surface area (Å²) in [6.07, 6.45) is 11.5. The molecule has 2 amide bonds. The third-order valence-electron chi connectivity index (χ3n) is 8.92. The summed E-state index contributed by atoms with van der Waals surface area (Å²) in [5.74, 6) is 2.65. The van der Waals surface area contributed by atoms with Crippen LogP contribution < -0.4 is 20.1 Å². The minimum Gasteiger partial charge on any atom is -0.497 e. The van der Waals surface area contributed by atoms with Crippen LogP contribution in [0.4, 0.5) is 11.6 Å². The normalized spacial score (nSPS) is 15.9. The molecule has 13 heteroatoms. The lowest BCUT2D eigenvalue weighted by atomic mass is 10.2. The number of benzene rings is 2. The number of rotatable bonds is 13. The molecular formula is C37H39N9O4. The van der Waals surface area contributed by atoms with Gasteiger partial charge in [-0.3, -0.25) is 14.5 Å². The standard InChI is InChI=1S/C37H39N9O4/c1-44(28-9-10-28)20-3-4-33(47)45-21-17-27(23-45)41-35-34-31(15-19-39-36(34)46(43-35)22-25-5-11-29(49-2)12-6-25)50-30-13-7-26(8-14-30)37(48)42-32-16-18-38-24-40-32/h3-8,11-16,18-19,24,27-28H,9-10,17,20-23H2,1-2H3,(H,41,43)(H,38,40,42,48). The number of likely N-dealkylation sites (tertiary alicyclic amines) is 1. The Kier molecular flexibility index (Phi) is 9.65. The van der Waals surface area contributed by atoms with Gasteiger partial charge in [0.2, 0.25) is 5.91 Å². The lowest BCUT2D eigenvalue weighted by Gasteiger charge is -2.16. The molecule has 50 heavy (non-hydrogen) atoms. The van der Waals surface area contributed by atoms with Crippen LogP contribution >= 0.6 is 0 Å². The predicted octanol–water partition coefficient (Wildman–Crippen LogP) is 4.99. The molecule has 1 unspecified atom stereocenters. The van der Waals surface area contributed by atoms with Gasteiger partial charge in [-0.2, -0.15) is 5.10 Å². The molecule has 1 saturated carbocycles. The highest BCUT2D eigenvalue weighted by atomic mass is 16.5. The van der Waals surface area contributed by atoms with Gasteiger partial charge in [0.1, 0.15) is 34.8 Å². The number of anilines is 2. The van der Waals surface area contributed by atoms with Gasteiger partial charge in [-0.05, 0) is 74.3 Å². The number of amides is 2. The molecule has 2 aliphatic rings. The number of methoxy groups -OCH3 is 1. The Hall–Kier alpha value is -5.82. The molecule has 1 aliphatic heterocycles. The number of nitrogens with one attached hydrogen (secondary N) is 2. The van der Waals surface area contributed by atoms with Crippen molar-refractivity contribution in [3.05, 3.63) is 103 Å². The SMILES string of the molecule is COc1ccc(Cn2nc(NC3CCN(C(=O)C=CCN(C)C4CC4)C3)c3c(Oc4ccc(C(=O)Nc5ccncn5)cc4)ccnc32)cc1. The molecule has 3 aromatic heterocycles. The van der Waals surface area contributed by atoms with Crippen LogP contribution in [0.25, 0.3) is 11.0 Å². The van der Waals surface area contributed by atoms with Crippen LogP contribution in [0.1, 0.15) is 35.2 Å². The summed E-state index contributed by atoms with van der Waals surface area (Å²) in [6, 6.07) is 18.8. The second-order valence-corrected chi connectivity index (χ2v) is 12.5. The number of likely N-dealkylation sites (N-methyl/N-ethyl adjacent to an activating group) is 1. The van der Waals surface area contributed by atoms with Crippen LogP contribution in [0.15, 0.2) is 91.5 Å². The van der Waals surface area contributed by atoms with E-state index >= 15 is 0 Å². The maximum atomic E-state index is 13.0. The van der Waals surface area contributed by atoms with E-state index < -0.39 is 0 Å². The van der Waals surface area contributed by atoms with E-state index in [-0.39, 0.29) is 17.9 Å². The first-order chi connectivity index (χ1) is 24.4. The van der Waals surface area contributed by atoms with Crippen molar-refractivity contribution >= 4 is 34.5 Å². The Labute approximate surface area is 289 Å². The number of ether oxygens (including phenoxy) is 2. The molecular weight excluding hydrogens is 634 g/mol. The van der Waals surface area contributed by atoms with Crippen LogP contribution in [0.3, 0.4) is 0 Å². The first-order valence-electron chi connectivity index (χ1n) is 16.7. The molecule has 0 radical (unpaired) electrons. The molecule has 7 rings (SSSR count). The summed E-state index contributed by atoms with van der Waals surface area (Å²) >= 11 is 0. The Morgan fingerprint density at radius 1 is 0.980 bits per heavy atom. The third-order valence-corrected chi connectivity index (χ3v) is 8.92. The third kappa shape index (κ3) is 7.73. The molecule has 4 heterocycles. The highest BCUT2D eigenvalue weighted by molar-refractivity contribution is 6.03. The zero-order valence-electron chi connectivity index (χ0n) is 28.0. The Balaban J connectivity index is 1.10. The van der Waals surface area contributed by atoms with E-state index in [0.29, 0.717) is 60.0 Å². The molecule has 0 spiro atoms. The highest BCUT2D eigenvalue weighted by Gasteiger charge is 2.28. The van der Waals surface area contributed by atoms with Gasteiger partial charge in [0.25, 0.3) is 5.91 Å². The number of hydrogen-bond acceptors (Lipinski definition) is 10. The van der Waals surface area contributed by atoms with Crippen LogP contribution in [0.5, 0.6) is 17.2 Å². The number of fused-ring (bicyclic) bond motifs is 1. The molecule has 1 atom stereocenters. The van der Waals surface area contributed by atoms with E-state index in [9.17, 15) is 9.59 Å². The van der Waals surface area contributed by atoms with E-state index in [1.54, 1.807) is 62.0 Å². The van der Waals surface area contributed by atoms with Crippen molar-refractivity contribution in [3.63, 3.8) is 0 Å². The Morgan fingerprint density at radius 3 is 2.52 bits per heavy atom. The van der Waals surface area contributed by atoms with Gasteiger partial charge >= 0.3 is 0 Å². The number of nitrogens with zero attached hydrogens (tertiary/aromatic N) is 7. The fourth-order valence-electron chi connectivity index (χ4n) is 5.99. The minimum atomic E-state index is -0.294. The van der Waals surface area contributed by atoms with Crippen molar-refractivity contribution in [1.29, 1.82) is 0 Å². The quantitative estimate of drug-likeness (QED) is 0.165. The first kappa shape index (κ1) is 32.7. The Bertz CT molecular complexity index is 1980. The van der Waals surface area contributed by atoms with Gasteiger partial charge in [-0.15, -0.1) is 0 Å². The topological polar surface area (TPSA) is 140 Å². The molecule has 13 nitrogen and oxygen atoms in total. The second-order valence-electron chi connectivity index (χ2n) is 12.5. The molecule has 0 bridgehead atoms. The van der Waals surface area contributed by atoms with Crippen LogP contribution in [-0.2, 0) is 11.3 Å². The summed E-state index contributed by atoms with van der Waals surface area (Å²) in [5, 5.41) is 12.1. The van der Waals surface area contributed by atoms with Crippen molar-refractivity contribution in [1.82, 2.24) is 34.5 Å². The van der Waals surface area contributed by atoms with Crippen molar-refractivity contribution in [3.8, 4) is 17.2 Å².